The van der Waals surface area contributed by atoms with E-state index in [2.05, 4.69) is 31.1 Å². The van der Waals surface area contributed by atoms with Crippen LogP contribution < -0.4 is 4.74 Å². The maximum absolute atomic E-state index is 14.1. The van der Waals surface area contributed by atoms with Gasteiger partial charge in [0.2, 0.25) is 0 Å². The zero-order valence-electron chi connectivity index (χ0n) is 19.4. The molecule has 3 aromatic rings. The van der Waals surface area contributed by atoms with Gasteiger partial charge in [0.25, 0.3) is 0 Å². The van der Waals surface area contributed by atoms with Crippen LogP contribution in [0.1, 0.15) is 76.5 Å². The first kappa shape index (κ1) is 24.5. The Hall–Kier alpha value is -2.14. The summed E-state index contributed by atoms with van der Waals surface area (Å²) in [6, 6.07) is 13.9. The molecule has 0 aliphatic heterocycles. The fourth-order valence-corrected chi connectivity index (χ4v) is 4.66. The number of ether oxygens (including phenoxy) is 1. The number of alkyl halides is 1. The molecule has 0 aliphatic carbocycles. The third-order valence-corrected chi connectivity index (χ3v) is 6.81. The van der Waals surface area contributed by atoms with Crippen molar-refractivity contribution in [1.29, 1.82) is 0 Å². The first-order valence-electron chi connectivity index (χ1n) is 12.1. The Bertz CT molecular complexity index is 903. The standard InChI is InChI=1S/C27H36FNO2S/c1-3-5-7-8-9-10-11-22(28)20-30-23-15-13-21(14-16-23)26-19-25(29-31-26)27-18-17-24(32-27)12-6-4-2/h13-19,22H,3-12,20H2,1-2H3/t22-/m0/s1. The molecule has 0 spiro atoms. The molecule has 2 heterocycles. The zero-order valence-corrected chi connectivity index (χ0v) is 20.3. The molecule has 0 aliphatic rings. The average molecular weight is 458 g/mol. The van der Waals surface area contributed by atoms with Crippen molar-refractivity contribution >= 4 is 11.3 Å². The molecule has 0 saturated heterocycles. The van der Waals surface area contributed by atoms with Crippen molar-refractivity contribution in [2.45, 2.75) is 84.2 Å². The summed E-state index contributed by atoms with van der Waals surface area (Å²) in [6.07, 6.45) is 10.2. The van der Waals surface area contributed by atoms with E-state index in [1.165, 1.54) is 43.4 Å². The van der Waals surface area contributed by atoms with E-state index in [1.54, 1.807) is 11.3 Å². The molecule has 3 nitrogen and oxygen atoms in total. The molecule has 0 amide bonds. The van der Waals surface area contributed by atoms with Gasteiger partial charge in [0.15, 0.2) is 5.76 Å². The molecule has 1 atom stereocenters. The number of aryl methyl sites for hydroxylation is 1. The highest BCUT2D eigenvalue weighted by molar-refractivity contribution is 7.15. The van der Waals surface area contributed by atoms with E-state index in [4.69, 9.17) is 9.26 Å². The summed E-state index contributed by atoms with van der Waals surface area (Å²) >= 11 is 1.78. The second-order valence-electron chi connectivity index (χ2n) is 8.44. The number of aromatic nitrogens is 1. The number of rotatable bonds is 15. The molecule has 32 heavy (non-hydrogen) atoms. The van der Waals surface area contributed by atoms with E-state index in [0.29, 0.717) is 12.2 Å². The summed E-state index contributed by atoms with van der Waals surface area (Å²) in [7, 11) is 0. The Morgan fingerprint density at radius 2 is 1.69 bits per heavy atom. The number of unbranched alkanes of at least 4 members (excludes halogenated alkanes) is 6. The number of hydrogen-bond acceptors (Lipinski definition) is 4. The Morgan fingerprint density at radius 1 is 0.938 bits per heavy atom. The van der Waals surface area contributed by atoms with Crippen LogP contribution in [0.4, 0.5) is 4.39 Å². The maximum atomic E-state index is 14.1. The van der Waals surface area contributed by atoms with Crippen molar-refractivity contribution in [3.8, 4) is 27.6 Å². The van der Waals surface area contributed by atoms with Crippen molar-refractivity contribution in [1.82, 2.24) is 5.16 Å². The molecule has 174 valence electrons. The molecule has 0 radical (unpaired) electrons. The minimum absolute atomic E-state index is 0.111. The first-order chi connectivity index (χ1) is 15.7. The number of halogens is 1. The highest BCUT2D eigenvalue weighted by atomic mass is 32.1. The van der Waals surface area contributed by atoms with E-state index in [1.807, 2.05) is 30.3 Å². The number of nitrogens with zero attached hydrogens (tertiary/aromatic N) is 1. The average Bonchev–Trinajstić information content (AvgIpc) is 3.49. The van der Waals surface area contributed by atoms with E-state index in [9.17, 15) is 4.39 Å². The van der Waals surface area contributed by atoms with E-state index < -0.39 is 6.17 Å². The predicted molar refractivity (Wildman–Crippen MR) is 132 cm³/mol. The van der Waals surface area contributed by atoms with Crippen molar-refractivity contribution in [2.24, 2.45) is 0 Å². The van der Waals surface area contributed by atoms with Crippen molar-refractivity contribution in [3.63, 3.8) is 0 Å². The molecule has 3 rings (SSSR count). The van der Waals surface area contributed by atoms with Gasteiger partial charge in [0.05, 0.1) is 4.88 Å². The number of thiophene rings is 1. The van der Waals surface area contributed by atoms with Crippen molar-refractivity contribution in [2.75, 3.05) is 6.61 Å². The lowest BCUT2D eigenvalue weighted by atomic mass is 10.1. The molecule has 1 aromatic carbocycles. The molecule has 0 N–H and O–H groups in total. The zero-order chi connectivity index (χ0) is 22.6. The van der Waals surface area contributed by atoms with Crippen LogP contribution in [-0.4, -0.2) is 17.9 Å². The normalized spacial score (nSPS) is 12.2. The molecule has 0 bridgehead atoms. The van der Waals surface area contributed by atoms with Gasteiger partial charge >= 0.3 is 0 Å². The minimum Gasteiger partial charge on any atom is -0.491 e. The second kappa shape index (κ2) is 13.4. The first-order valence-corrected chi connectivity index (χ1v) is 12.9. The SMILES string of the molecule is CCCCCCCC[C@H](F)COc1ccc(-c2cc(-c3ccc(CCCC)s3)no2)cc1. The predicted octanol–water partition coefficient (Wildman–Crippen LogP) is 8.88. The van der Waals surface area contributed by atoms with Gasteiger partial charge in [0, 0.05) is 16.5 Å². The van der Waals surface area contributed by atoms with Gasteiger partial charge in [-0.05, 0) is 55.7 Å². The summed E-state index contributed by atoms with van der Waals surface area (Å²) in [5.74, 6) is 1.40. The molecule has 0 saturated carbocycles. The molecule has 0 fully saturated rings. The number of benzene rings is 1. The fraction of sp³-hybridized carbons (Fsp3) is 0.519. The lowest BCUT2D eigenvalue weighted by molar-refractivity contribution is 0.184. The fourth-order valence-electron chi connectivity index (χ4n) is 3.66. The smallest absolute Gasteiger partial charge is 0.167 e. The molecule has 0 unspecified atom stereocenters. The van der Waals surface area contributed by atoms with Gasteiger partial charge in [-0.2, -0.15) is 0 Å². The molecule has 5 heteroatoms. The lowest BCUT2D eigenvalue weighted by Crippen LogP contribution is -2.12. The lowest BCUT2D eigenvalue weighted by Gasteiger charge is -2.10. The van der Waals surface area contributed by atoms with Gasteiger partial charge < -0.3 is 9.26 Å². The highest BCUT2D eigenvalue weighted by Crippen LogP contribution is 2.32. The maximum Gasteiger partial charge on any atom is 0.167 e. The molecule has 2 aromatic heterocycles. The minimum atomic E-state index is -0.911. The van der Waals surface area contributed by atoms with Gasteiger partial charge in [-0.25, -0.2) is 4.39 Å². The van der Waals surface area contributed by atoms with Crippen LogP contribution in [0.5, 0.6) is 5.75 Å². The van der Waals surface area contributed by atoms with Crippen LogP contribution >= 0.6 is 11.3 Å². The quantitative estimate of drug-likeness (QED) is 0.214. The summed E-state index contributed by atoms with van der Waals surface area (Å²) in [5.41, 5.74) is 1.80. The highest BCUT2D eigenvalue weighted by Gasteiger charge is 2.12. The van der Waals surface area contributed by atoms with Gasteiger partial charge in [-0.1, -0.05) is 63.9 Å². The Morgan fingerprint density at radius 3 is 2.47 bits per heavy atom. The van der Waals surface area contributed by atoms with E-state index >= 15 is 0 Å². The summed E-state index contributed by atoms with van der Waals surface area (Å²) in [6.45, 7) is 4.53. The summed E-state index contributed by atoms with van der Waals surface area (Å²) in [4.78, 5) is 2.51. The van der Waals surface area contributed by atoms with Gasteiger partial charge in [-0.3, -0.25) is 0 Å². The van der Waals surface area contributed by atoms with Crippen LogP contribution in [0, 0.1) is 0 Å². The molecular weight excluding hydrogens is 421 g/mol. The second-order valence-corrected chi connectivity index (χ2v) is 9.60. The topological polar surface area (TPSA) is 35.3 Å². The number of hydrogen-bond donors (Lipinski definition) is 0. The third kappa shape index (κ3) is 7.77. The largest absolute Gasteiger partial charge is 0.491 e. The molecular formula is C27H36FNO2S. The van der Waals surface area contributed by atoms with Crippen LogP contribution in [-0.2, 0) is 6.42 Å². The van der Waals surface area contributed by atoms with E-state index in [-0.39, 0.29) is 6.61 Å². The van der Waals surface area contributed by atoms with Crippen LogP contribution in [0.3, 0.4) is 0 Å². The van der Waals surface area contributed by atoms with Gasteiger partial charge in [-0.15, -0.1) is 11.3 Å². The van der Waals surface area contributed by atoms with Crippen molar-refractivity contribution in [3.05, 3.63) is 47.3 Å². The van der Waals surface area contributed by atoms with E-state index in [0.717, 1.165) is 41.2 Å². The van der Waals surface area contributed by atoms with Crippen LogP contribution in [0.2, 0.25) is 0 Å². The van der Waals surface area contributed by atoms with Crippen LogP contribution in [0.25, 0.3) is 21.9 Å². The monoisotopic (exact) mass is 457 g/mol. The third-order valence-electron chi connectivity index (χ3n) is 5.64. The Balaban J connectivity index is 1.45. The van der Waals surface area contributed by atoms with Crippen LogP contribution in [0.15, 0.2) is 47.0 Å². The Labute approximate surface area is 196 Å². The summed E-state index contributed by atoms with van der Waals surface area (Å²) in [5, 5.41) is 4.24. The van der Waals surface area contributed by atoms with Gasteiger partial charge in [0.1, 0.15) is 24.2 Å². The van der Waals surface area contributed by atoms with Crippen molar-refractivity contribution < 1.29 is 13.7 Å². The summed E-state index contributed by atoms with van der Waals surface area (Å²) < 4.78 is 25.3. The Kier molecular flexibility index (Phi) is 10.3.